The third-order valence-electron chi connectivity index (χ3n) is 3.16. The molecule has 1 amide bonds. The average molecular weight is 342 g/mol. The number of amides is 1. The van der Waals surface area contributed by atoms with E-state index in [1.54, 1.807) is 45.9 Å². The van der Waals surface area contributed by atoms with Crippen LogP contribution in [-0.2, 0) is 9.53 Å². The van der Waals surface area contributed by atoms with Crippen molar-refractivity contribution in [3.05, 3.63) is 34.3 Å². The van der Waals surface area contributed by atoms with Gasteiger partial charge in [-0.3, -0.25) is 4.90 Å². The van der Waals surface area contributed by atoms with E-state index in [0.29, 0.717) is 17.0 Å². The number of carbonyl (C=O) groups excluding carboxylic acids is 1. The Morgan fingerprint density at radius 2 is 1.96 bits per heavy atom. The molecule has 0 saturated carbocycles. The number of benzene rings is 1. The zero-order chi connectivity index (χ0) is 17.8. The van der Waals surface area contributed by atoms with Gasteiger partial charge >= 0.3 is 12.1 Å². The van der Waals surface area contributed by atoms with Gasteiger partial charge in [0.1, 0.15) is 5.60 Å². The van der Waals surface area contributed by atoms with Crippen molar-refractivity contribution in [1.82, 2.24) is 4.90 Å². The third-order valence-corrected chi connectivity index (χ3v) is 3.40. The van der Waals surface area contributed by atoms with E-state index in [9.17, 15) is 14.7 Å². The smallest absolute Gasteiger partial charge is 0.411 e. The maximum absolute atomic E-state index is 12.5. The van der Waals surface area contributed by atoms with Crippen molar-refractivity contribution in [2.45, 2.75) is 52.7 Å². The normalized spacial score (nSPS) is 12.6. The Morgan fingerprint density at radius 1 is 1.35 bits per heavy atom. The van der Waals surface area contributed by atoms with Gasteiger partial charge in [-0.25, -0.2) is 9.59 Å². The van der Waals surface area contributed by atoms with Gasteiger partial charge in [0, 0.05) is 11.6 Å². The molecule has 1 rings (SSSR count). The van der Waals surface area contributed by atoms with Gasteiger partial charge in [0.05, 0.1) is 0 Å². The Kier molecular flexibility index (Phi) is 6.45. The van der Waals surface area contributed by atoms with Crippen molar-refractivity contribution in [3.63, 3.8) is 0 Å². The number of halogens is 1. The van der Waals surface area contributed by atoms with E-state index in [2.05, 4.69) is 0 Å². The third kappa shape index (κ3) is 5.43. The first-order valence-corrected chi connectivity index (χ1v) is 7.93. The number of hydrogen-bond acceptors (Lipinski definition) is 3. The maximum atomic E-state index is 12.5. The van der Waals surface area contributed by atoms with Crippen molar-refractivity contribution < 1.29 is 19.4 Å². The van der Waals surface area contributed by atoms with Crippen LogP contribution in [0.25, 0.3) is 0 Å². The first-order chi connectivity index (χ1) is 10.6. The standard InChI is InChI=1S/C17H24ClNO4/c1-6-9-19(16(22)23-17(3,4)5)14(15(20)21)13-8-7-12(18)10-11(13)2/h7-8,10,14H,6,9H2,1-5H3,(H,20,21). The van der Waals surface area contributed by atoms with Crippen molar-refractivity contribution in [2.24, 2.45) is 0 Å². The summed E-state index contributed by atoms with van der Waals surface area (Å²) in [7, 11) is 0. The van der Waals surface area contributed by atoms with Crippen LogP contribution in [0.1, 0.15) is 51.3 Å². The Morgan fingerprint density at radius 3 is 2.39 bits per heavy atom. The SMILES string of the molecule is CCCN(C(=O)OC(C)(C)C)C(C(=O)O)c1ccc(Cl)cc1C. The Bertz CT molecular complexity index is 580. The number of ether oxygens (including phenoxy) is 1. The van der Waals surface area contributed by atoms with Gasteiger partial charge in [-0.05, 0) is 57.4 Å². The highest BCUT2D eigenvalue weighted by Crippen LogP contribution is 2.28. The van der Waals surface area contributed by atoms with Gasteiger partial charge in [0.2, 0.25) is 0 Å². The van der Waals surface area contributed by atoms with Crippen molar-refractivity contribution in [2.75, 3.05) is 6.54 Å². The Labute approximate surface area is 142 Å². The lowest BCUT2D eigenvalue weighted by Crippen LogP contribution is -2.42. The van der Waals surface area contributed by atoms with E-state index in [1.165, 1.54) is 4.90 Å². The molecule has 1 aromatic carbocycles. The molecule has 0 bridgehead atoms. The quantitative estimate of drug-likeness (QED) is 0.860. The zero-order valence-electron chi connectivity index (χ0n) is 14.2. The van der Waals surface area contributed by atoms with Gasteiger partial charge in [0.15, 0.2) is 6.04 Å². The highest BCUT2D eigenvalue weighted by Gasteiger charge is 2.34. The molecular formula is C17H24ClNO4. The van der Waals surface area contributed by atoms with E-state index in [1.807, 2.05) is 6.92 Å². The van der Waals surface area contributed by atoms with Crippen LogP contribution in [0, 0.1) is 6.92 Å². The van der Waals surface area contributed by atoms with Crippen LogP contribution in [0.5, 0.6) is 0 Å². The minimum absolute atomic E-state index is 0.286. The monoisotopic (exact) mass is 341 g/mol. The van der Waals surface area contributed by atoms with Gasteiger partial charge in [-0.15, -0.1) is 0 Å². The van der Waals surface area contributed by atoms with E-state index in [4.69, 9.17) is 16.3 Å². The highest BCUT2D eigenvalue weighted by molar-refractivity contribution is 6.30. The van der Waals surface area contributed by atoms with Gasteiger partial charge in [-0.1, -0.05) is 24.6 Å². The second-order valence-corrected chi connectivity index (χ2v) is 6.85. The second-order valence-electron chi connectivity index (χ2n) is 6.42. The van der Waals surface area contributed by atoms with Crippen LogP contribution in [-0.4, -0.2) is 34.2 Å². The predicted molar refractivity (Wildman–Crippen MR) is 89.8 cm³/mol. The van der Waals surface area contributed by atoms with E-state index in [0.717, 1.165) is 5.56 Å². The summed E-state index contributed by atoms with van der Waals surface area (Å²) in [6.07, 6.45) is -0.0172. The summed E-state index contributed by atoms with van der Waals surface area (Å²) in [5.74, 6) is -1.10. The molecule has 1 atom stereocenters. The largest absolute Gasteiger partial charge is 0.479 e. The number of carboxylic acid groups (broad SMARTS) is 1. The molecule has 1 N–H and O–H groups in total. The van der Waals surface area contributed by atoms with E-state index < -0.39 is 23.7 Å². The molecule has 0 aliphatic heterocycles. The highest BCUT2D eigenvalue weighted by atomic mass is 35.5. The molecule has 0 aliphatic rings. The molecule has 5 nitrogen and oxygen atoms in total. The fourth-order valence-corrected chi connectivity index (χ4v) is 2.49. The topological polar surface area (TPSA) is 66.8 Å². The molecule has 6 heteroatoms. The first kappa shape index (κ1) is 19.3. The van der Waals surface area contributed by atoms with Crippen LogP contribution >= 0.6 is 11.6 Å². The predicted octanol–water partition coefficient (Wildman–Crippen LogP) is 4.42. The lowest BCUT2D eigenvalue weighted by atomic mass is 10.00. The first-order valence-electron chi connectivity index (χ1n) is 7.55. The molecule has 128 valence electrons. The summed E-state index contributed by atoms with van der Waals surface area (Å²) in [6, 6.07) is 3.84. The molecule has 1 aromatic rings. The summed E-state index contributed by atoms with van der Waals surface area (Å²) >= 11 is 5.94. The molecule has 0 aliphatic carbocycles. The minimum Gasteiger partial charge on any atom is -0.479 e. The molecule has 0 spiro atoms. The Balaban J connectivity index is 3.26. The zero-order valence-corrected chi connectivity index (χ0v) is 15.0. The number of hydrogen-bond donors (Lipinski definition) is 1. The van der Waals surface area contributed by atoms with Crippen molar-refractivity contribution >= 4 is 23.7 Å². The van der Waals surface area contributed by atoms with Gasteiger partial charge in [0.25, 0.3) is 0 Å². The number of carbonyl (C=O) groups is 2. The van der Waals surface area contributed by atoms with E-state index in [-0.39, 0.29) is 6.54 Å². The van der Waals surface area contributed by atoms with Crippen LogP contribution in [0.3, 0.4) is 0 Å². The fraction of sp³-hybridized carbons (Fsp3) is 0.529. The molecule has 1 unspecified atom stereocenters. The summed E-state index contributed by atoms with van der Waals surface area (Å²) < 4.78 is 5.37. The number of nitrogens with zero attached hydrogens (tertiary/aromatic N) is 1. The molecule has 0 saturated heterocycles. The number of aliphatic carboxylic acids is 1. The van der Waals surface area contributed by atoms with Gasteiger partial charge < -0.3 is 9.84 Å². The molecule has 0 aromatic heterocycles. The number of carboxylic acids is 1. The lowest BCUT2D eigenvalue weighted by Gasteiger charge is -2.32. The van der Waals surface area contributed by atoms with Crippen LogP contribution in [0.15, 0.2) is 18.2 Å². The fourth-order valence-electron chi connectivity index (χ4n) is 2.27. The van der Waals surface area contributed by atoms with Crippen molar-refractivity contribution in [1.29, 1.82) is 0 Å². The van der Waals surface area contributed by atoms with Crippen LogP contribution in [0.2, 0.25) is 5.02 Å². The lowest BCUT2D eigenvalue weighted by molar-refractivity contribution is -0.143. The number of rotatable bonds is 5. The van der Waals surface area contributed by atoms with Crippen molar-refractivity contribution in [3.8, 4) is 0 Å². The summed E-state index contributed by atoms with van der Waals surface area (Å²) in [5, 5.41) is 10.2. The average Bonchev–Trinajstić information content (AvgIpc) is 2.38. The second kappa shape index (κ2) is 7.68. The Hall–Kier alpha value is -1.75. The minimum atomic E-state index is -1.11. The van der Waals surface area contributed by atoms with Crippen LogP contribution in [0.4, 0.5) is 4.79 Å². The summed E-state index contributed by atoms with van der Waals surface area (Å²) in [4.78, 5) is 25.6. The molecule has 0 radical (unpaired) electrons. The molecule has 0 fully saturated rings. The summed E-state index contributed by atoms with van der Waals surface area (Å²) in [5.41, 5.74) is 0.553. The molecule has 23 heavy (non-hydrogen) atoms. The maximum Gasteiger partial charge on any atom is 0.411 e. The van der Waals surface area contributed by atoms with Crippen LogP contribution < -0.4 is 0 Å². The number of aryl methyl sites for hydroxylation is 1. The van der Waals surface area contributed by atoms with E-state index >= 15 is 0 Å². The molecule has 0 heterocycles. The molecular weight excluding hydrogens is 318 g/mol. The van der Waals surface area contributed by atoms with Gasteiger partial charge in [-0.2, -0.15) is 0 Å². The summed E-state index contributed by atoms with van der Waals surface area (Å²) in [6.45, 7) is 9.18.